The lowest BCUT2D eigenvalue weighted by molar-refractivity contribution is -0.141. The molecule has 0 spiro atoms. The van der Waals surface area contributed by atoms with Gasteiger partial charge in [0.15, 0.2) is 0 Å². The molecule has 38 heavy (non-hydrogen) atoms. The van der Waals surface area contributed by atoms with E-state index >= 15 is 0 Å². The lowest BCUT2D eigenvalue weighted by Gasteiger charge is -2.32. The molecule has 1 N–H and O–H groups in total. The fraction of sp³-hybridized carbons (Fsp3) is 0.500. The molecule has 0 aliphatic heterocycles. The zero-order valence-corrected chi connectivity index (χ0v) is 23.9. The van der Waals surface area contributed by atoms with Gasteiger partial charge in [-0.2, -0.15) is 0 Å². The van der Waals surface area contributed by atoms with Gasteiger partial charge >= 0.3 is 0 Å². The number of benzene rings is 2. The van der Waals surface area contributed by atoms with Crippen LogP contribution in [0, 0.1) is 0 Å². The highest BCUT2D eigenvalue weighted by Gasteiger charge is 2.30. The molecule has 2 aromatic carbocycles. The lowest BCUT2D eigenvalue weighted by atomic mass is 10.1. The van der Waals surface area contributed by atoms with Crippen LogP contribution in [-0.4, -0.2) is 57.1 Å². The Labute approximate surface area is 231 Å². The van der Waals surface area contributed by atoms with Crippen molar-refractivity contribution in [1.82, 2.24) is 10.2 Å². The van der Waals surface area contributed by atoms with Gasteiger partial charge in [-0.1, -0.05) is 43.5 Å². The number of carbonyl (C=O) groups excluding carboxylic acids is 2. The first kappa shape index (κ1) is 29.8. The monoisotopic (exact) mass is 563 g/mol. The SMILES string of the molecule is CC[C@@H](C(=O)NC1CCCC1)N(Cc1ccc(Cl)cc1)C(=O)CCCN(c1ccc(OC)cc1)S(C)(=O)=O. The lowest BCUT2D eigenvalue weighted by Crippen LogP contribution is -2.51. The summed E-state index contributed by atoms with van der Waals surface area (Å²) in [5.41, 5.74) is 1.37. The maximum atomic E-state index is 13.5. The van der Waals surface area contributed by atoms with Crippen LogP contribution in [0.1, 0.15) is 57.4 Å². The van der Waals surface area contributed by atoms with Crippen LogP contribution in [0.4, 0.5) is 5.69 Å². The second-order valence-corrected chi connectivity index (χ2v) is 12.0. The fourth-order valence-electron chi connectivity index (χ4n) is 4.83. The van der Waals surface area contributed by atoms with Crippen LogP contribution in [0.2, 0.25) is 5.02 Å². The van der Waals surface area contributed by atoms with Crippen molar-refractivity contribution in [3.05, 3.63) is 59.1 Å². The number of carbonyl (C=O) groups is 2. The first-order chi connectivity index (χ1) is 18.1. The van der Waals surface area contributed by atoms with Crippen molar-refractivity contribution >= 4 is 39.1 Å². The predicted molar refractivity (Wildman–Crippen MR) is 151 cm³/mol. The molecule has 1 atom stereocenters. The van der Waals surface area contributed by atoms with E-state index in [1.807, 2.05) is 19.1 Å². The molecule has 0 bridgehead atoms. The van der Waals surface area contributed by atoms with Gasteiger partial charge in [0, 0.05) is 30.6 Å². The molecular formula is C28H38ClN3O5S. The number of rotatable bonds is 13. The topological polar surface area (TPSA) is 96.0 Å². The van der Waals surface area contributed by atoms with Gasteiger partial charge in [-0.15, -0.1) is 0 Å². The smallest absolute Gasteiger partial charge is 0.243 e. The summed E-state index contributed by atoms with van der Waals surface area (Å²) in [7, 11) is -2.02. The van der Waals surface area contributed by atoms with Crippen molar-refractivity contribution < 1.29 is 22.7 Å². The number of amides is 2. The molecule has 208 valence electrons. The molecule has 0 unspecified atom stereocenters. The third-order valence-corrected chi connectivity index (χ3v) is 8.31. The summed E-state index contributed by atoms with van der Waals surface area (Å²) in [5, 5.41) is 3.73. The third-order valence-electron chi connectivity index (χ3n) is 6.87. The molecule has 0 saturated heterocycles. The number of ether oxygens (including phenoxy) is 1. The first-order valence-corrected chi connectivity index (χ1v) is 15.3. The Morgan fingerprint density at radius 2 is 1.71 bits per heavy atom. The van der Waals surface area contributed by atoms with Crippen molar-refractivity contribution in [3.8, 4) is 5.75 Å². The number of hydrogen-bond donors (Lipinski definition) is 1. The normalized spacial score (nSPS) is 14.6. The first-order valence-electron chi connectivity index (χ1n) is 13.1. The summed E-state index contributed by atoms with van der Waals surface area (Å²) in [4.78, 5) is 28.4. The average molecular weight is 564 g/mol. The third kappa shape index (κ3) is 8.36. The van der Waals surface area contributed by atoms with Gasteiger partial charge in [-0.25, -0.2) is 8.42 Å². The Bertz CT molecular complexity index is 1170. The highest BCUT2D eigenvalue weighted by atomic mass is 35.5. The molecule has 0 radical (unpaired) electrons. The number of halogens is 1. The van der Waals surface area contributed by atoms with E-state index in [2.05, 4.69) is 5.32 Å². The summed E-state index contributed by atoms with van der Waals surface area (Å²) in [6.45, 7) is 2.30. The van der Waals surface area contributed by atoms with Crippen molar-refractivity contribution in [2.45, 2.75) is 70.5 Å². The fourth-order valence-corrected chi connectivity index (χ4v) is 5.92. The number of nitrogens with zero attached hydrogens (tertiary/aromatic N) is 2. The number of nitrogens with one attached hydrogen (secondary N) is 1. The summed E-state index contributed by atoms with van der Waals surface area (Å²) in [5.74, 6) is 0.283. The molecule has 1 aliphatic carbocycles. The van der Waals surface area contributed by atoms with E-state index in [1.54, 1.807) is 48.4 Å². The summed E-state index contributed by atoms with van der Waals surface area (Å²) in [6, 6.07) is 13.5. The molecule has 0 heterocycles. The van der Waals surface area contributed by atoms with E-state index in [1.165, 1.54) is 4.31 Å². The van der Waals surface area contributed by atoms with E-state index in [0.29, 0.717) is 29.3 Å². The molecule has 1 saturated carbocycles. The highest BCUT2D eigenvalue weighted by molar-refractivity contribution is 7.92. The Morgan fingerprint density at radius 1 is 1.08 bits per heavy atom. The zero-order valence-electron chi connectivity index (χ0n) is 22.4. The van der Waals surface area contributed by atoms with Gasteiger partial charge in [0.25, 0.3) is 0 Å². The van der Waals surface area contributed by atoms with Gasteiger partial charge in [0.1, 0.15) is 11.8 Å². The van der Waals surface area contributed by atoms with Crippen molar-refractivity contribution in [1.29, 1.82) is 0 Å². The van der Waals surface area contributed by atoms with Crippen molar-refractivity contribution in [2.24, 2.45) is 0 Å². The van der Waals surface area contributed by atoms with Gasteiger partial charge < -0.3 is 15.0 Å². The van der Waals surface area contributed by atoms with Crippen LogP contribution in [0.3, 0.4) is 0 Å². The minimum atomic E-state index is -3.57. The van der Waals surface area contributed by atoms with E-state index in [0.717, 1.165) is 37.5 Å². The zero-order chi connectivity index (χ0) is 27.7. The summed E-state index contributed by atoms with van der Waals surface area (Å²) >= 11 is 6.04. The van der Waals surface area contributed by atoms with E-state index < -0.39 is 16.1 Å². The molecule has 8 nitrogen and oxygen atoms in total. The predicted octanol–water partition coefficient (Wildman–Crippen LogP) is 4.76. The van der Waals surface area contributed by atoms with E-state index in [-0.39, 0.29) is 37.4 Å². The van der Waals surface area contributed by atoms with Crippen LogP contribution in [0.5, 0.6) is 5.75 Å². The number of methoxy groups -OCH3 is 1. The molecule has 1 fully saturated rings. The molecule has 2 amide bonds. The molecule has 2 aromatic rings. The van der Waals surface area contributed by atoms with Crippen LogP contribution in [0.25, 0.3) is 0 Å². The second-order valence-electron chi connectivity index (χ2n) is 9.70. The number of hydrogen-bond acceptors (Lipinski definition) is 5. The minimum absolute atomic E-state index is 0.100. The Hall–Kier alpha value is -2.78. The average Bonchev–Trinajstić information content (AvgIpc) is 3.40. The summed E-state index contributed by atoms with van der Waals surface area (Å²) in [6.07, 6.45) is 6.13. The highest BCUT2D eigenvalue weighted by Crippen LogP contribution is 2.23. The van der Waals surface area contributed by atoms with Gasteiger partial charge in [0.2, 0.25) is 21.8 Å². The second kappa shape index (κ2) is 13.8. The van der Waals surface area contributed by atoms with Crippen LogP contribution in [0.15, 0.2) is 48.5 Å². The molecular weight excluding hydrogens is 526 g/mol. The van der Waals surface area contributed by atoms with Crippen LogP contribution >= 0.6 is 11.6 Å². The molecule has 3 rings (SSSR count). The van der Waals surface area contributed by atoms with Crippen LogP contribution < -0.4 is 14.4 Å². The van der Waals surface area contributed by atoms with Gasteiger partial charge in [-0.05, 0) is 67.6 Å². The molecule has 10 heteroatoms. The van der Waals surface area contributed by atoms with Crippen molar-refractivity contribution in [3.63, 3.8) is 0 Å². The number of sulfonamides is 1. The Morgan fingerprint density at radius 3 is 2.26 bits per heavy atom. The maximum absolute atomic E-state index is 13.5. The largest absolute Gasteiger partial charge is 0.497 e. The Balaban J connectivity index is 1.74. The Kier molecular flexibility index (Phi) is 10.8. The molecule has 1 aliphatic rings. The van der Waals surface area contributed by atoms with Crippen LogP contribution in [-0.2, 0) is 26.2 Å². The van der Waals surface area contributed by atoms with Crippen molar-refractivity contribution in [2.75, 3.05) is 24.2 Å². The van der Waals surface area contributed by atoms with E-state index in [9.17, 15) is 18.0 Å². The van der Waals surface area contributed by atoms with E-state index in [4.69, 9.17) is 16.3 Å². The van der Waals surface area contributed by atoms with Gasteiger partial charge in [0.05, 0.1) is 19.1 Å². The molecule has 0 aromatic heterocycles. The summed E-state index contributed by atoms with van der Waals surface area (Å²) < 4.78 is 31.5. The van der Waals surface area contributed by atoms with Gasteiger partial charge in [-0.3, -0.25) is 13.9 Å². The minimum Gasteiger partial charge on any atom is -0.497 e. The standard InChI is InChI=1S/C28H38ClN3O5S/c1-4-26(28(34)30-23-8-5-6-9-23)31(20-21-11-13-22(29)14-12-21)27(33)10-7-19-32(38(3,35)36)24-15-17-25(37-2)18-16-24/h11-18,23,26H,4-10,19-20H2,1-3H3,(H,30,34)/t26-/m0/s1. The maximum Gasteiger partial charge on any atom is 0.243 e. The number of anilines is 1. The quantitative estimate of drug-likeness (QED) is 0.379.